The highest BCUT2D eigenvalue weighted by atomic mass is 35.5. The van der Waals surface area contributed by atoms with Gasteiger partial charge in [0.1, 0.15) is 5.52 Å². The van der Waals surface area contributed by atoms with Crippen molar-refractivity contribution in [1.29, 1.82) is 0 Å². The third-order valence-electron chi connectivity index (χ3n) is 5.18. The number of carbonyl (C=O) groups excluding carboxylic acids is 1. The van der Waals surface area contributed by atoms with Gasteiger partial charge in [0.2, 0.25) is 5.89 Å². The lowest BCUT2D eigenvalue weighted by Crippen LogP contribution is -2.15. The molecule has 0 unspecified atom stereocenters. The third kappa shape index (κ3) is 5.03. The molecule has 1 heterocycles. The first-order valence-electron chi connectivity index (χ1n) is 10.5. The Morgan fingerprint density at radius 2 is 1.57 bits per heavy atom. The summed E-state index contributed by atoms with van der Waals surface area (Å²) in [5, 5.41) is 3.24. The summed E-state index contributed by atoms with van der Waals surface area (Å²) in [5.74, 6) is 0.108. The van der Waals surface area contributed by atoms with Crippen molar-refractivity contribution in [2.75, 3.05) is 10.0 Å². The Kier molecular flexibility index (Phi) is 5.98. The molecule has 4 aromatic carbocycles. The molecule has 0 aliphatic heterocycles. The van der Waals surface area contributed by atoms with Crippen molar-refractivity contribution in [3.8, 4) is 11.5 Å². The van der Waals surface area contributed by atoms with E-state index in [0.29, 0.717) is 27.7 Å². The number of amides is 1. The Morgan fingerprint density at radius 1 is 0.829 bits per heavy atom. The summed E-state index contributed by atoms with van der Waals surface area (Å²) < 4.78 is 33.5. The van der Waals surface area contributed by atoms with E-state index in [1.54, 1.807) is 42.5 Å². The number of carbonyl (C=O) groups is 1. The molecule has 7 nitrogen and oxygen atoms in total. The van der Waals surface area contributed by atoms with E-state index in [4.69, 9.17) is 16.0 Å². The van der Waals surface area contributed by atoms with Crippen LogP contribution in [0.4, 0.5) is 11.4 Å². The number of oxazole rings is 1. The summed E-state index contributed by atoms with van der Waals surface area (Å²) >= 11 is 5.83. The molecular weight excluding hydrogens is 486 g/mol. The predicted octanol–water partition coefficient (Wildman–Crippen LogP) is 6.20. The molecule has 2 N–H and O–H groups in total. The van der Waals surface area contributed by atoms with Crippen LogP contribution in [0.1, 0.15) is 10.4 Å². The quantitative estimate of drug-likeness (QED) is 0.287. The van der Waals surface area contributed by atoms with Gasteiger partial charge in [0.05, 0.1) is 4.90 Å². The highest BCUT2D eigenvalue weighted by Gasteiger charge is 2.15. The number of nitrogens with zero attached hydrogens (tertiary/aromatic N) is 1. The van der Waals surface area contributed by atoms with Gasteiger partial charge in [-0.25, -0.2) is 13.4 Å². The Balaban J connectivity index is 1.29. The van der Waals surface area contributed by atoms with E-state index in [1.165, 1.54) is 30.3 Å². The van der Waals surface area contributed by atoms with Crippen LogP contribution in [0.2, 0.25) is 5.02 Å². The van der Waals surface area contributed by atoms with Gasteiger partial charge < -0.3 is 9.73 Å². The normalized spacial score (nSPS) is 11.3. The summed E-state index contributed by atoms with van der Waals surface area (Å²) in [4.78, 5) is 17.3. The second kappa shape index (κ2) is 9.25. The molecule has 0 aliphatic rings. The van der Waals surface area contributed by atoms with Crippen molar-refractivity contribution in [3.05, 3.63) is 108 Å². The maximum absolute atomic E-state index is 12.8. The van der Waals surface area contributed by atoms with Crippen molar-refractivity contribution in [2.24, 2.45) is 0 Å². The summed E-state index contributed by atoms with van der Waals surface area (Å²) in [7, 11) is -3.83. The van der Waals surface area contributed by atoms with Gasteiger partial charge in [0.15, 0.2) is 5.58 Å². The largest absolute Gasteiger partial charge is 0.436 e. The fourth-order valence-electron chi connectivity index (χ4n) is 3.45. The number of para-hydroxylation sites is 2. The Morgan fingerprint density at radius 3 is 2.31 bits per heavy atom. The van der Waals surface area contributed by atoms with Crippen LogP contribution in [-0.2, 0) is 10.0 Å². The topological polar surface area (TPSA) is 101 Å². The van der Waals surface area contributed by atoms with Crippen LogP contribution in [-0.4, -0.2) is 19.3 Å². The molecule has 0 spiro atoms. The molecule has 35 heavy (non-hydrogen) atoms. The van der Waals surface area contributed by atoms with Crippen LogP contribution in [0.3, 0.4) is 0 Å². The van der Waals surface area contributed by atoms with E-state index in [9.17, 15) is 13.2 Å². The number of hydrogen-bond donors (Lipinski definition) is 2. The minimum absolute atomic E-state index is 0.0655. The number of halogens is 1. The standard InChI is InChI=1S/C26H18ClN3O4S/c27-19-10-14-22(15-11-19)35(32,33)30-21-5-3-4-18(16-21)25(31)28-20-12-8-17(9-13-20)26-29-23-6-1-2-7-24(23)34-26/h1-16,30H,(H,28,31). The molecule has 1 aromatic heterocycles. The summed E-state index contributed by atoms with van der Waals surface area (Å²) in [6.45, 7) is 0. The third-order valence-corrected chi connectivity index (χ3v) is 6.83. The van der Waals surface area contributed by atoms with Crippen LogP contribution < -0.4 is 10.0 Å². The molecular formula is C26H18ClN3O4S. The summed E-state index contributed by atoms with van der Waals surface area (Å²) in [6, 6.07) is 26.6. The van der Waals surface area contributed by atoms with Gasteiger partial charge in [-0.1, -0.05) is 29.8 Å². The lowest BCUT2D eigenvalue weighted by Gasteiger charge is -2.10. The van der Waals surface area contributed by atoms with Crippen molar-refractivity contribution < 1.29 is 17.6 Å². The number of aromatic nitrogens is 1. The number of sulfonamides is 1. The number of fused-ring (bicyclic) bond motifs is 1. The molecule has 9 heteroatoms. The molecule has 0 aliphatic carbocycles. The summed E-state index contributed by atoms with van der Waals surface area (Å²) in [5.41, 5.74) is 3.38. The number of hydrogen-bond acceptors (Lipinski definition) is 5. The minimum atomic E-state index is -3.83. The Bertz CT molecular complexity index is 1600. The van der Waals surface area contributed by atoms with Crippen molar-refractivity contribution in [2.45, 2.75) is 4.90 Å². The van der Waals surface area contributed by atoms with Gasteiger partial charge in [-0.05, 0) is 78.9 Å². The molecule has 1 amide bonds. The second-order valence-corrected chi connectivity index (χ2v) is 9.78. The number of anilines is 2. The average molecular weight is 504 g/mol. The van der Waals surface area contributed by atoms with Crippen molar-refractivity contribution in [3.63, 3.8) is 0 Å². The van der Waals surface area contributed by atoms with Crippen LogP contribution in [0.5, 0.6) is 0 Å². The van der Waals surface area contributed by atoms with Gasteiger partial charge in [-0.3, -0.25) is 9.52 Å². The fraction of sp³-hybridized carbons (Fsp3) is 0. The number of benzene rings is 4. The van der Waals surface area contributed by atoms with Crippen molar-refractivity contribution in [1.82, 2.24) is 4.98 Å². The van der Waals surface area contributed by atoms with E-state index in [1.807, 2.05) is 24.3 Å². The van der Waals surface area contributed by atoms with E-state index < -0.39 is 10.0 Å². The maximum atomic E-state index is 12.8. The van der Waals surface area contributed by atoms with Gasteiger partial charge in [-0.2, -0.15) is 0 Å². The second-order valence-electron chi connectivity index (χ2n) is 7.66. The first-order valence-corrected chi connectivity index (χ1v) is 12.4. The molecule has 5 rings (SSSR count). The molecule has 174 valence electrons. The molecule has 0 atom stereocenters. The predicted molar refractivity (Wildman–Crippen MR) is 136 cm³/mol. The van der Waals surface area contributed by atoms with Crippen LogP contribution >= 0.6 is 11.6 Å². The molecule has 0 saturated heterocycles. The minimum Gasteiger partial charge on any atom is -0.436 e. The average Bonchev–Trinajstić information content (AvgIpc) is 3.29. The SMILES string of the molecule is O=C(Nc1ccc(-c2nc3ccccc3o2)cc1)c1cccc(NS(=O)(=O)c2ccc(Cl)cc2)c1. The Labute approximate surface area is 206 Å². The van der Waals surface area contributed by atoms with Crippen LogP contribution in [0, 0.1) is 0 Å². The highest BCUT2D eigenvalue weighted by Crippen LogP contribution is 2.25. The molecule has 0 radical (unpaired) electrons. The Hall–Kier alpha value is -4.14. The highest BCUT2D eigenvalue weighted by molar-refractivity contribution is 7.92. The first-order chi connectivity index (χ1) is 16.9. The van der Waals surface area contributed by atoms with E-state index >= 15 is 0 Å². The van der Waals surface area contributed by atoms with Gasteiger partial charge in [0, 0.05) is 27.5 Å². The maximum Gasteiger partial charge on any atom is 0.261 e. The molecule has 5 aromatic rings. The monoisotopic (exact) mass is 503 g/mol. The zero-order valence-corrected chi connectivity index (χ0v) is 19.7. The van der Waals surface area contributed by atoms with E-state index in [-0.39, 0.29) is 16.5 Å². The molecule has 0 fully saturated rings. The summed E-state index contributed by atoms with van der Waals surface area (Å²) in [6.07, 6.45) is 0. The smallest absolute Gasteiger partial charge is 0.261 e. The molecule has 0 bridgehead atoms. The van der Waals surface area contributed by atoms with Gasteiger partial charge in [-0.15, -0.1) is 0 Å². The number of nitrogens with one attached hydrogen (secondary N) is 2. The molecule has 0 saturated carbocycles. The lowest BCUT2D eigenvalue weighted by molar-refractivity contribution is 0.102. The first kappa shape index (κ1) is 22.6. The van der Waals surface area contributed by atoms with Crippen LogP contribution in [0.15, 0.2) is 106 Å². The van der Waals surface area contributed by atoms with Gasteiger partial charge >= 0.3 is 0 Å². The fourth-order valence-corrected chi connectivity index (χ4v) is 4.62. The van der Waals surface area contributed by atoms with Crippen LogP contribution in [0.25, 0.3) is 22.6 Å². The zero-order chi connectivity index (χ0) is 24.4. The van der Waals surface area contributed by atoms with E-state index in [0.717, 1.165) is 11.1 Å². The van der Waals surface area contributed by atoms with Gasteiger partial charge in [0.25, 0.3) is 15.9 Å². The lowest BCUT2D eigenvalue weighted by atomic mass is 10.1. The zero-order valence-electron chi connectivity index (χ0n) is 18.1. The number of rotatable bonds is 6. The van der Waals surface area contributed by atoms with E-state index in [2.05, 4.69) is 15.0 Å². The van der Waals surface area contributed by atoms with Crippen molar-refractivity contribution >= 4 is 50.0 Å².